The van der Waals surface area contributed by atoms with Crippen LogP contribution in [0.5, 0.6) is 11.5 Å². The monoisotopic (exact) mass is 547 g/mol. The van der Waals surface area contributed by atoms with Gasteiger partial charge in [0.25, 0.3) is 0 Å². The lowest BCUT2D eigenvalue weighted by Crippen LogP contribution is -2.55. The Kier molecular flexibility index (Phi) is 7.96. The molecule has 2 aliphatic heterocycles. The van der Waals surface area contributed by atoms with E-state index in [1.807, 2.05) is 6.07 Å². The van der Waals surface area contributed by atoms with E-state index in [4.69, 9.17) is 14.2 Å². The van der Waals surface area contributed by atoms with Crippen molar-refractivity contribution < 1.29 is 32.2 Å². The molecule has 10 heteroatoms. The highest BCUT2D eigenvalue weighted by molar-refractivity contribution is 5.89. The molecule has 2 N–H and O–H groups in total. The third-order valence-corrected chi connectivity index (χ3v) is 8.72. The van der Waals surface area contributed by atoms with Gasteiger partial charge in [0.15, 0.2) is 11.5 Å². The third kappa shape index (κ3) is 5.68. The summed E-state index contributed by atoms with van der Waals surface area (Å²) < 4.78 is 55.4. The van der Waals surface area contributed by atoms with Crippen LogP contribution in [-0.2, 0) is 16.3 Å². The summed E-state index contributed by atoms with van der Waals surface area (Å²) in [6.45, 7) is 2.50. The molecule has 1 aliphatic carbocycles. The van der Waals surface area contributed by atoms with Gasteiger partial charge < -0.3 is 24.8 Å². The van der Waals surface area contributed by atoms with Crippen LogP contribution in [0, 0.1) is 0 Å². The Labute approximate surface area is 227 Å². The first-order chi connectivity index (χ1) is 18.7. The minimum absolute atomic E-state index is 0.0573. The van der Waals surface area contributed by atoms with E-state index in [-0.39, 0.29) is 17.5 Å². The molecule has 2 aromatic carbocycles. The summed E-state index contributed by atoms with van der Waals surface area (Å²) >= 11 is 0. The third-order valence-electron chi connectivity index (χ3n) is 8.72. The minimum atomic E-state index is -4.42. The molecular weight excluding hydrogens is 511 g/mol. The van der Waals surface area contributed by atoms with Crippen LogP contribution in [0.25, 0.3) is 0 Å². The van der Waals surface area contributed by atoms with E-state index >= 15 is 0 Å². The number of methoxy groups -OCH3 is 2. The zero-order valence-corrected chi connectivity index (χ0v) is 22.4. The molecule has 212 valence electrons. The first-order valence-corrected chi connectivity index (χ1v) is 13.5. The lowest BCUT2D eigenvalue weighted by atomic mass is 9.65. The molecule has 2 heterocycles. The number of fused-ring (bicyclic) bond motifs is 1. The number of likely N-dealkylation sites (tertiary alicyclic amines) is 1. The van der Waals surface area contributed by atoms with Crippen LogP contribution in [0.15, 0.2) is 42.5 Å². The van der Waals surface area contributed by atoms with Crippen molar-refractivity contribution in [2.75, 3.05) is 39.3 Å². The molecular formula is C29H36F3N3O4. The van der Waals surface area contributed by atoms with E-state index in [0.29, 0.717) is 23.2 Å². The van der Waals surface area contributed by atoms with Gasteiger partial charge in [0.1, 0.15) is 0 Å². The summed E-state index contributed by atoms with van der Waals surface area (Å²) in [6.07, 6.45) is 1.07. The molecule has 2 saturated heterocycles. The second kappa shape index (κ2) is 11.3. The van der Waals surface area contributed by atoms with Crippen LogP contribution < -0.4 is 20.1 Å². The first kappa shape index (κ1) is 27.6. The second-order valence-electron chi connectivity index (χ2n) is 10.7. The van der Waals surface area contributed by atoms with Gasteiger partial charge in [0.05, 0.1) is 19.8 Å². The lowest BCUT2D eigenvalue weighted by Gasteiger charge is -2.47. The molecule has 1 saturated carbocycles. The molecule has 3 aliphatic rings. The fraction of sp³-hybridized carbons (Fsp3) is 0.552. The van der Waals surface area contributed by atoms with E-state index in [9.17, 15) is 18.0 Å². The lowest BCUT2D eigenvalue weighted by molar-refractivity contribution is -0.137. The number of benzene rings is 2. The van der Waals surface area contributed by atoms with Crippen molar-refractivity contribution in [3.8, 4) is 11.5 Å². The average molecular weight is 548 g/mol. The van der Waals surface area contributed by atoms with Crippen LogP contribution >= 0.6 is 0 Å². The second-order valence-corrected chi connectivity index (χ2v) is 10.7. The smallest absolute Gasteiger partial charge is 0.416 e. The van der Waals surface area contributed by atoms with Crippen LogP contribution in [0.1, 0.15) is 49.7 Å². The van der Waals surface area contributed by atoms with Crippen molar-refractivity contribution in [2.24, 2.45) is 0 Å². The molecule has 2 aromatic rings. The summed E-state index contributed by atoms with van der Waals surface area (Å²) in [6, 6.07) is 10.9. The Balaban J connectivity index is 1.33. The maximum Gasteiger partial charge on any atom is 0.416 e. The van der Waals surface area contributed by atoms with Gasteiger partial charge in [-0.3, -0.25) is 4.90 Å². The number of hydrogen-bond donors (Lipinski definition) is 2. The van der Waals surface area contributed by atoms with Crippen molar-refractivity contribution in [1.29, 1.82) is 0 Å². The van der Waals surface area contributed by atoms with Crippen molar-refractivity contribution in [3.05, 3.63) is 53.6 Å². The molecule has 0 bridgehead atoms. The molecule has 7 nitrogen and oxygen atoms in total. The normalized spacial score (nSPS) is 26.1. The fourth-order valence-corrected chi connectivity index (χ4v) is 6.75. The topological polar surface area (TPSA) is 72.1 Å². The molecule has 39 heavy (non-hydrogen) atoms. The predicted octanol–water partition coefficient (Wildman–Crippen LogP) is 5.59. The van der Waals surface area contributed by atoms with Gasteiger partial charge in [0.2, 0.25) is 0 Å². The van der Waals surface area contributed by atoms with Crippen LogP contribution in [0.3, 0.4) is 0 Å². The highest BCUT2D eigenvalue weighted by atomic mass is 19.4. The Bertz CT molecular complexity index is 1150. The number of rotatable bonds is 6. The molecule has 3 fully saturated rings. The molecule has 2 amide bonds. The maximum atomic E-state index is 12.9. The Morgan fingerprint density at radius 1 is 1.00 bits per heavy atom. The van der Waals surface area contributed by atoms with Gasteiger partial charge in [-0.2, -0.15) is 13.2 Å². The van der Waals surface area contributed by atoms with E-state index in [2.05, 4.69) is 27.7 Å². The van der Waals surface area contributed by atoms with E-state index < -0.39 is 17.8 Å². The summed E-state index contributed by atoms with van der Waals surface area (Å²) in [7, 11) is 3.28. The van der Waals surface area contributed by atoms with Crippen molar-refractivity contribution in [1.82, 2.24) is 10.2 Å². The number of halogens is 3. The zero-order chi connectivity index (χ0) is 27.6. The number of urea groups is 1. The molecule has 5 rings (SSSR count). The van der Waals surface area contributed by atoms with Gasteiger partial charge in [-0.1, -0.05) is 6.07 Å². The first-order valence-electron chi connectivity index (χ1n) is 13.5. The fourth-order valence-electron chi connectivity index (χ4n) is 6.75. The number of carbonyl (C=O) groups excluding carboxylic acids is 1. The Morgan fingerprint density at radius 2 is 1.72 bits per heavy atom. The van der Waals surface area contributed by atoms with E-state index in [1.165, 1.54) is 17.7 Å². The van der Waals surface area contributed by atoms with E-state index in [1.54, 1.807) is 14.2 Å². The van der Waals surface area contributed by atoms with Crippen molar-refractivity contribution >= 4 is 11.7 Å². The number of nitrogens with zero attached hydrogens (tertiary/aromatic N) is 1. The molecule has 3 atom stereocenters. The molecule has 0 aromatic heterocycles. The largest absolute Gasteiger partial charge is 0.493 e. The number of anilines is 1. The van der Waals surface area contributed by atoms with Crippen molar-refractivity contribution in [2.45, 2.75) is 68.2 Å². The van der Waals surface area contributed by atoms with Crippen LogP contribution in [0.4, 0.5) is 23.7 Å². The number of nitrogens with one attached hydrogen (secondary N) is 2. The molecule has 0 spiro atoms. The molecule has 3 unspecified atom stereocenters. The quantitative estimate of drug-likeness (QED) is 0.494. The maximum absolute atomic E-state index is 12.9. The predicted molar refractivity (Wildman–Crippen MR) is 141 cm³/mol. The van der Waals surface area contributed by atoms with E-state index in [0.717, 1.165) is 70.4 Å². The van der Waals surface area contributed by atoms with Crippen LogP contribution in [0.2, 0.25) is 0 Å². The van der Waals surface area contributed by atoms with Gasteiger partial charge in [0, 0.05) is 42.4 Å². The zero-order valence-electron chi connectivity index (χ0n) is 22.4. The number of carbonyl (C=O) groups is 1. The standard InChI is InChI=1S/C29H36F3N3O4/c1-37-24-8-5-20(17-25(24)38-2)28-12-9-22(18-26(28)35(14-13-28)23-10-15-39-16-11-23)34-27(36)33-21-6-3-19(4-7-21)29(30,31)32/h3-8,17,22-23,26H,9-16,18H2,1-2H3,(H2,33,34,36). The number of hydrogen-bond acceptors (Lipinski definition) is 5. The van der Waals surface area contributed by atoms with Crippen LogP contribution in [-0.4, -0.2) is 63.0 Å². The van der Waals surface area contributed by atoms with Gasteiger partial charge in [-0.05, 0) is 87.0 Å². The molecule has 0 radical (unpaired) electrons. The van der Waals surface area contributed by atoms with Gasteiger partial charge in [-0.15, -0.1) is 0 Å². The summed E-state index contributed by atoms with van der Waals surface area (Å²) in [5.41, 5.74) is 0.731. The average Bonchev–Trinajstić information content (AvgIpc) is 3.33. The number of amides is 2. The highest BCUT2D eigenvalue weighted by Gasteiger charge is 2.53. The summed E-state index contributed by atoms with van der Waals surface area (Å²) in [4.78, 5) is 15.5. The van der Waals surface area contributed by atoms with Gasteiger partial charge >= 0.3 is 12.2 Å². The number of ether oxygens (including phenoxy) is 3. The summed E-state index contributed by atoms with van der Waals surface area (Å²) in [5, 5.41) is 5.78. The highest BCUT2D eigenvalue weighted by Crippen LogP contribution is 2.51. The Morgan fingerprint density at radius 3 is 2.38 bits per heavy atom. The van der Waals surface area contributed by atoms with Crippen molar-refractivity contribution in [3.63, 3.8) is 0 Å². The minimum Gasteiger partial charge on any atom is -0.493 e. The van der Waals surface area contributed by atoms with Gasteiger partial charge in [-0.25, -0.2) is 4.79 Å². The Hall–Kier alpha value is -2.98. The SMILES string of the molecule is COc1ccc(C23CCC(NC(=O)Nc4ccc(C(F)(F)F)cc4)CC2N(C2CCOCC2)CC3)cc1OC. The number of alkyl halides is 3. The summed E-state index contributed by atoms with van der Waals surface area (Å²) in [5.74, 6) is 1.41.